The number of hydrogen-bond donors (Lipinski definition) is 1. The van der Waals surface area contributed by atoms with E-state index in [0.29, 0.717) is 24.3 Å². The van der Waals surface area contributed by atoms with Crippen LogP contribution in [0, 0.1) is 0 Å². The van der Waals surface area contributed by atoms with Gasteiger partial charge in [-0.05, 0) is 24.3 Å². The molecule has 1 unspecified atom stereocenters. The minimum absolute atomic E-state index is 0.233. The van der Waals surface area contributed by atoms with Gasteiger partial charge in [0.25, 0.3) is 5.91 Å². The van der Waals surface area contributed by atoms with Crippen molar-refractivity contribution in [1.82, 2.24) is 14.9 Å². The highest BCUT2D eigenvalue weighted by Gasteiger charge is 2.37. The van der Waals surface area contributed by atoms with E-state index in [2.05, 4.69) is 9.97 Å². The van der Waals surface area contributed by atoms with E-state index in [1.807, 2.05) is 0 Å². The van der Waals surface area contributed by atoms with E-state index in [1.165, 1.54) is 12.0 Å². The molecule has 7 heteroatoms. The Balaban J connectivity index is 1.90. The predicted octanol–water partition coefficient (Wildman–Crippen LogP) is 1.16. The fraction of sp³-hybridized carbons (Fsp3) is 0.312. The number of carbonyl (C=O) groups is 2. The van der Waals surface area contributed by atoms with E-state index in [-0.39, 0.29) is 5.91 Å². The molecule has 23 heavy (non-hydrogen) atoms. The van der Waals surface area contributed by atoms with Crippen molar-refractivity contribution in [3.05, 3.63) is 47.5 Å². The summed E-state index contributed by atoms with van der Waals surface area (Å²) in [5.41, 5.74) is 2.12. The fourth-order valence-corrected chi connectivity index (χ4v) is 2.70. The van der Waals surface area contributed by atoms with Gasteiger partial charge in [-0.25, -0.2) is 9.78 Å². The van der Waals surface area contributed by atoms with Crippen molar-refractivity contribution in [3.8, 4) is 5.75 Å². The van der Waals surface area contributed by atoms with Gasteiger partial charge < -0.3 is 19.4 Å². The number of aromatic nitrogens is 2. The van der Waals surface area contributed by atoms with Crippen LogP contribution in [-0.4, -0.2) is 47.0 Å². The Morgan fingerprint density at radius 2 is 2.00 bits per heavy atom. The van der Waals surface area contributed by atoms with Crippen molar-refractivity contribution in [2.24, 2.45) is 0 Å². The van der Waals surface area contributed by atoms with Crippen LogP contribution in [0.2, 0.25) is 0 Å². The Kier molecular flexibility index (Phi) is 4.01. The topological polar surface area (TPSA) is 84.5 Å². The maximum atomic E-state index is 12.8. The first-order valence-electron chi connectivity index (χ1n) is 7.18. The Hall–Kier alpha value is -2.83. The molecule has 0 spiro atoms. The molecule has 1 N–H and O–H groups in total. The lowest BCUT2D eigenvalue weighted by Crippen LogP contribution is -2.49. The number of nitrogens with zero attached hydrogens (tertiary/aromatic N) is 2. The molecule has 2 heterocycles. The van der Waals surface area contributed by atoms with Gasteiger partial charge >= 0.3 is 5.97 Å². The number of imidazole rings is 1. The number of benzene rings is 1. The molecule has 0 saturated carbocycles. The Bertz CT molecular complexity index is 723. The largest absolute Gasteiger partial charge is 0.497 e. The van der Waals surface area contributed by atoms with Crippen LogP contribution < -0.4 is 4.74 Å². The summed E-state index contributed by atoms with van der Waals surface area (Å²) in [5.74, 6) is -0.00983. The van der Waals surface area contributed by atoms with Gasteiger partial charge in [0.1, 0.15) is 11.8 Å². The highest BCUT2D eigenvalue weighted by molar-refractivity contribution is 5.97. The van der Waals surface area contributed by atoms with Crippen LogP contribution in [-0.2, 0) is 22.5 Å². The van der Waals surface area contributed by atoms with Crippen molar-refractivity contribution in [2.75, 3.05) is 14.2 Å². The molecule has 1 atom stereocenters. The van der Waals surface area contributed by atoms with Gasteiger partial charge in [-0.3, -0.25) is 4.79 Å². The third-order valence-electron chi connectivity index (χ3n) is 3.97. The van der Waals surface area contributed by atoms with Crippen molar-refractivity contribution < 1.29 is 19.1 Å². The van der Waals surface area contributed by atoms with Crippen LogP contribution in [0.1, 0.15) is 21.7 Å². The summed E-state index contributed by atoms with van der Waals surface area (Å²) in [6.07, 6.45) is 1.91. The third-order valence-corrected chi connectivity index (χ3v) is 3.97. The summed E-state index contributed by atoms with van der Waals surface area (Å²) in [6.45, 7) is 0.292. The minimum Gasteiger partial charge on any atom is -0.497 e. The lowest BCUT2D eigenvalue weighted by atomic mass is 10.0. The van der Waals surface area contributed by atoms with Gasteiger partial charge in [-0.1, -0.05) is 0 Å². The van der Waals surface area contributed by atoms with Gasteiger partial charge in [-0.2, -0.15) is 0 Å². The zero-order valence-electron chi connectivity index (χ0n) is 12.9. The Morgan fingerprint density at radius 1 is 1.26 bits per heavy atom. The van der Waals surface area contributed by atoms with Crippen LogP contribution in [0.3, 0.4) is 0 Å². The maximum Gasteiger partial charge on any atom is 0.329 e. The number of hydrogen-bond acceptors (Lipinski definition) is 5. The van der Waals surface area contributed by atoms with Gasteiger partial charge in [-0.15, -0.1) is 0 Å². The lowest BCUT2D eigenvalue weighted by Gasteiger charge is -2.33. The molecule has 120 valence electrons. The number of ether oxygens (including phenoxy) is 2. The molecular weight excluding hydrogens is 298 g/mol. The first-order valence-corrected chi connectivity index (χ1v) is 7.18. The van der Waals surface area contributed by atoms with E-state index in [1.54, 1.807) is 37.7 Å². The van der Waals surface area contributed by atoms with E-state index in [4.69, 9.17) is 9.47 Å². The van der Waals surface area contributed by atoms with Gasteiger partial charge in [0, 0.05) is 12.0 Å². The second kappa shape index (κ2) is 6.12. The standard InChI is InChI=1S/C16H17N3O4/c1-22-11-5-3-10(4-6-11)15(20)19-8-13-12(17-9-18-13)7-14(19)16(21)23-2/h3-6,9,14H,7-8H2,1-2H3,(H,17,18). The second-order valence-corrected chi connectivity index (χ2v) is 5.23. The van der Waals surface area contributed by atoms with E-state index in [9.17, 15) is 9.59 Å². The summed E-state index contributed by atoms with van der Waals surface area (Å²) in [6, 6.07) is 6.11. The fourth-order valence-electron chi connectivity index (χ4n) is 2.70. The molecule has 1 aliphatic heterocycles. The molecule has 1 aromatic carbocycles. The number of esters is 1. The van der Waals surface area contributed by atoms with Crippen LogP contribution >= 0.6 is 0 Å². The monoisotopic (exact) mass is 315 g/mol. The molecule has 0 radical (unpaired) electrons. The normalized spacial score (nSPS) is 16.6. The molecule has 1 aromatic heterocycles. The van der Waals surface area contributed by atoms with Crippen molar-refractivity contribution in [1.29, 1.82) is 0 Å². The molecule has 0 aliphatic carbocycles. The second-order valence-electron chi connectivity index (χ2n) is 5.23. The molecule has 0 fully saturated rings. The maximum absolute atomic E-state index is 12.8. The average molecular weight is 315 g/mol. The number of rotatable bonds is 3. The number of nitrogens with one attached hydrogen (secondary N) is 1. The number of amides is 1. The van der Waals surface area contributed by atoms with E-state index in [0.717, 1.165) is 11.4 Å². The minimum atomic E-state index is -0.676. The molecule has 1 amide bonds. The zero-order valence-corrected chi connectivity index (χ0v) is 12.9. The number of H-pyrrole nitrogens is 1. The summed E-state index contributed by atoms with van der Waals surface area (Å²) in [4.78, 5) is 33.6. The molecular formula is C16H17N3O4. The molecule has 7 nitrogen and oxygen atoms in total. The number of aromatic amines is 1. The SMILES string of the molecule is COC(=O)C1Cc2nc[nH]c2CN1C(=O)c1ccc(OC)cc1. The van der Waals surface area contributed by atoms with Crippen LogP contribution in [0.4, 0.5) is 0 Å². The highest BCUT2D eigenvalue weighted by atomic mass is 16.5. The quantitative estimate of drug-likeness (QED) is 0.859. The van der Waals surface area contributed by atoms with Gasteiger partial charge in [0.15, 0.2) is 0 Å². The number of methoxy groups -OCH3 is 2. The summed E-state index contributed by atoms with van der Waals surface area (Å²) in [5, 5.41) is 0. The van der Waals surface area contributed by atoms with Gasteiger partial charge in [0.2, 0.25) is 0 Å². The molecule has 1 aliphatic rings. The highest BCUT2D eigenvalue weighted by Crippen LogP contribution is 2.24. The average Bonchev–Trinajstić information content (AvgIpc) is 3.06. The number of carbonyl (C=O) groups excluding carboxylic acids is 2. The first kappa shape index (κ1) is 15.1. The Morgan fingerprint density at radius 3 is 2.65 bits per heavy atom. The smallest absolute Gasteiger partial charge is 0.329 e. The van der Waals surface area contributed by atoms with Crippen molar-refractivity contribution in [3.63, 3.8) is 0 Å². The summed E-state index contributed by atoms with van der Waals surface area (Å²) < 4.78 is 9.94. The van der Waals surface area contributed by atoms with Crippen LogP contribution in [0.5, 0.6) is 5.75 Å². The first-order chi connectivity index (χ1) is 11.1. The molecule has 0 saturated heterocycles. The summed E-state index contributed by atoms with van der Waals surface area (Å²) in [7, 11) is 2.88. The van der Waals surface area contributed by atoms with Crippen molar-refractivity contribution in [2.45, 2.75) is 19.0 Å². The lowest BCUT2D eigenvalue weighted by molar-refractivity contribution is -0.146. The van der Waals surface area contributed by atoms with Crippen LogP contribution in [0.15, 0.2) is 30.6 Å². The van der Waals surface area contributed by atoms with Crippen LogP contribution in [0.25, 0.3) is 0 Å². The van der Waals surface area contributed by atoms with E-state index < -0.39 is 12.0 Å². The third kappa shape index (κ3) is 2.77. The zero-order chi connectivity index (χ0) is 16.4. The van der Waals surface area contributed by atoms with E-state index >= 15 is 0 Å². The molecule has 2 aromatic rings. The number of fused-ring (bicyclic) bond motifs is 1. The predicted molar refractivity (Wildman–Crippen MR) is 81.0 cm³/mol. The summed E-state index contributed by atoms with van der Waals surface area (Å²) >= 11 is 0. The Labute approximate surface area is 133 Å². The van der Waals surface area contributed by atoms with Gasteiger partial charge in [0.05, 0.1) is 38.5 Å². The molecule has 0 bridgehead atoms. The van der Waals surface area contributed by atoms with Crippen molar-refractivity contribution >= 4 is 11.9 Å². The molecule has 3 rings (SSSR count).